The number of Topliss-reactive ketones (excluding diaryl/α,β-unsaturated/α-hetero) is 1. The van der Waals surface area contributed by atoms with E-state index in [1.165, 1.54) is 32.2 Å². The SMILES string of the molecule is CCc1ccc(S(=O)(=O)Oc2cc(OC)ccc2C(C)=O)s1. The molecule has 0 saturated carbocycles. The minimum atomic E-state index is -3.97. The number of carbonyl (C=O) groups is 1. The predicted molar refractivity (Wildman–Crippen MR) is 84.5 cm³/mol. The number of aryl methyl sites for hydroxylation is 1. The molecular weight excluding hydrogens is 324 g/mol. The van der Waals surface area contributed by atoms with Crippen LogP contribution < -0.4 is 8.92 Å². The molecule has 22 heavy (non-hydrogen) atoms. The largest absolute Gasteiger partial charge is 0.497 e. The molecular formula is C15H16O5S2. The van der Waals surface area contributed by atoms with Gasteiger partial charge in [-0.05, 0) is 37.6 Å². The van der Waals surface area contributed by atoms with Gasteiger partial charge in [0.2, 0.25) is 0 Å². The van der Waals surface area contributed by atoms with Gasteiger partial charge in [-0.1, -0.05) is 6.92 Å². The van der Waals surface area contributed by atoms with E-state index in [1.807, 2.05) is 6.92 Å². The van der Waals surface area contributed by atoms with Crippen molar-refractivity contribution in [1.82, 2.24) is 0 Å². The van der Waals surface area contributed by atoms with E-state index in [4.69, 9.17) is 8.92 Å². The zero-order valence-corrected chi connectivity index (χ0v) is 14.1. The molecule has 0 amide bonds. The third-order valence-corrected chi connectivity index (χ3v) is 5.91. The standard InChI is InChI=1S/C15H16O5S2/c1-4-12-6-8-15(21-12)22(17,18)20-14-9-11(19-3)5-7-13(14)10(2)16/h5-9H,4H2,1-3H3. The number of ketones is 1. The van der Waals surface area contributed by atoms with Crippen LogP contribution in [0.2, 0.25) is 0 Å². The van der Waals surface area contributed by atoms with Gasteiger partial charge in [-0.2, -0.15) is 8.42 Å². The van der Waals surface area contributed by atoms with Gasteiger partial charge in [0.1, 0.15) is 5.75 Å². The Kier molecular flexibility index (Phi) is 4.87. The Balaban J connectivity index is 2.42. The first kappa shape index (κ1) is 16.5. The number of benzene rings is 1. The highest BCUT2D eigenvalue weighted by Gasteiger charge is 2.22. The van der Waals surface area contributed by atoms with Crippen LogP contribution in [0.15, 0.2) is 34.5 Å². The summed E-state index contributed by atoms with van der Waals surface area (Å²) >= 11 is 1.15. The minimum absolute atomic E-state index is 0.0294. The van der Waals surface area contributed by atoms with Gasteiger partial charge in [0, 0.05) is 10.9 Å². The average molecular weight is 340 g/mol. The second-order valence-electron chi connectivity index (χ2n) is 4.53. The summed E-state index contributed by atoms with van der Waals surface area (Å²) in [6.45, 7) is 3.29. The zero-order valence-electron chi connectivity index (χ0n) is 12.5. The molecule has 0 N–H and O–H groups in total. The van der Waals surface area contributed by atoms with Crippen LogP contribution >= 0.6 is 11.3 Å². The number of hydrogen-bond donors (Lipinski definition) is 0. The van der Waals surface area contributed by atoms with Crippen molar-refractivity contribution in [3.05, 3.63) is 40.8 Å². The van der Waals surface area contributed by atoms with Gasteiger partial charge in [-0.25, -0.2) is 0 Å². The summed E-state index contributed by atoms with van der Waals surface area (Å²) in [5, 5.41) is 0. The normalized spacial score (nSPS) is 11.2. The van der Waals surface area contributed by atoms with E-state index in [0.717, 1.165) is 22.6 Å². The Morgan fingerprint density at radius 2 is 1.95 bits per heavy atom. The van der Waals surface area contributed by atoms with Crippen LogP contribution in [-0.4, -0.2) is 21.3 Å². The van der Waals surface area contributed by atoms with Gasteiger partial charge in [-0.15, -0.1) is 11.3 Å². The van der Waals surface area contributed by atoms with E-state index in [0.29, 0.717) is 5.75 Å². The summed E-state index contributed by atoms with van der Waals surface area (Å²) in [5.74, 6) is 0.0993. The van der Waals surface area contributed by atoms with Crippen molar-refractivity contribution in [1.29, 1.82) is 0 Å². The number of hydrogen-bond acceptors (Lipinski definition) is 6. The van der Waals surface area contributed by atoms with Crippen LogP contribution in [0.3, 0.4) is 0 Å². The van der Waals surface area contributed by atoms with E-state index in [-0.39, 0.29) is 21.3 Å². The number of methoxy groups -OCH3 is 1. The molecule has 7 heteroatoms. The van der Waals surface area contributed by atoms with Crippen LogP contribution in [0, 0.1) is 0 Å². The Hall–Kier alpha value is -1.86. The highest BCUT2D eigenvalue weighted by Crippen LogP contribution is 2.30. The maximum Gasteiger partial charge on any atom is 0.348 e. The fourth-order valence-electron chi connectivity index (χ4n) is 1.83. The van der Waals surface area contributed by atoms with Crippen molar-refractivity contribution in [3.8, 4) is 11.5 Å². The maximum absolute atomic E-state index is 12.3. The highest BCUT2D eigenvalue weighted by atomic mass is 32.3. The van der Waals surface area contributed by atoms with E-state index >= 15 is 0 Å². The van der Waals surface area contributed by atoms with Crippen LogP contribution in [0.4, 0.5) is 0 Å². The van der Waals surface area contributed by atoms with Gasteiger partial charge in [-0.3, -0.25) is 4.79 Å². The third-order valence-electron chi connectivity index (χ3n) is 3.00. The van der Waals surface area contributed by atoms with Crippen molar-refractivity contribution in [2.24, 2.45) is 0 Å². The average Bonchev–Trinajstić information content (AvgIpc) is 2.96. The second kappa shape index (κ2) is 6.50. The quantitative estimate of drug-likeness (QED) is 0.596. The lowest BCUT2D eigenvalue weighted by Crippen LogP contribution is -2.10. The summed E-state index contributed by atoms with van der Waals surface area (Å²) in [5.41, 5.74) is 0.191. The fraction of sp³-hybridized carbons (Fsp3) is 0.267. The monoisotopic (exact) mass is 340 g/mol. The van der Waals surface area contributed by atoms with Crippen molar-refractivity contribution in [3.63, 3.8) is 0 Å². The number of ether oxygens (including phenoxy) is 1. The molecule has 1 aromatic heterocycles. The predicted octanol–water partition coefficient (Wildman–Crippen LogP) is 3.29. The molecule has 1 heterocycles. The Morgan fingerprint density at radius 3 is 2.50 bits per heavy atom. The topological polar surface area (TPSA) is 69.7 Å². The molecule has 0 aliphatic carbocycles. The van der Waals surface area contributed by atoms with E-state index in [9.17, 15) is 13.2 Å². The van der Waals surface area contributed by atoms with Crippen LogP contribution in [-0.2, 0) is 16.5 Å². The van der Waals surface area contributed by atoms with Crippen molar-refractivity contribution in [2.75, 3.05) is 7.11 Å². The van der Waals surface area contributed by atoms with Crippen LogP contribution in [0.1, 0.15) is 29.1 Å². The number of thiophene rings is 1. The Bertz CT molecular complexity index is 790. The molecule has 1 aromatic carbocycles. The molecule has 0 bridgehead atoms. The van der Waals surface area contributed by atoms with E-state index < -0.39 is 10.1 Å². The minimum Gasteiger partial charge on any atom is -0.497 e. The molecule has 0 saturated heterocycles. The van der Waals surface area contributed by atoms with E-state index in [2.05, 4.69) is 0 Å². The lowest BCUT2D eigenvalue weighted by molar-refractivity contribution is 0.101. The second-order valence-corrected chi connectivity index (χ2v) is 7.47. The summed E-state index contributed by atoms with van der Waals surface area (Å²) in [6.07, 6.45) is 0.748. The summed E-state index contributed by atoms with van der Waals surface area (Å²) in [7, 11) is -2.52. The number of carbonyl (C=O) groups excluding carboxylic acids is 1. The van der Waals surface area contributed by atoms with Crippen LogP contribution in [0.25, 0.3) is 0 Å². The number of rotatable bonds is 6. The molecule has 0 aliphatic rings. The summed E-state index contributed by atoms with van der Waals surface area (Å²) in [6, 6.07) is 7.71. The molecule has 0 fully saturated rings. The fourth-order valence-corrected chi connectivity index (χ4v) is 4.03. The molecule has 5 nitrogen and oxygen atoms in total. The van der Waals surface area contributed by atoms with Crippen molar-refractivity contribution >= 4 is 27.2 Å². The zero-order chi connectivity index (χ0) is 16.3. The van der Waals surface area contributed by atoms with Gasteiger partial charge >= 0.3 is 10.1 Å². The molecule has 0 aliphatic heterocycles. The smallest absolute Gasteiger partial charge is 0.348 e. The van der Waals surface area contributed by atoms with Gasteiger partial charge in [0.15, 0.2) is 15.7 Å². The molecule has 118 valence electrons. The first-order valence-electron chi connectivity index (χ1n) is 6.59. The Labute approximate surface area is 133 Å². The molecule has 0 atom stereocenters. The van der Waals surface area contributed by atoms with E-state index in [1.54, 1.807) is 12.1 Å². The summed E-state index contributed by atoms with van der Waals surface area (Å²) in [4.78, 5) is 12.6. The Morgan fingerprint density at radius 1 is 1.23 bits per heavy atom. The third kappa shape index (κ3) is 3.48. The molecule has 2 aromatic rings. The molecule has 0 radical (unpaired) electrons. The van der Waals surface area contributed by atoms with Crippen molar-refractivity contribution < 1.29 is 22.1 Å². The van der Waals surface area contributed by atoms with Crippen LogP contribution in [0.5, 0.6) is 11.5 Å². The molecule has 0 unspecified atom stereocenters. The first-order chi connectivity index (χ1) is 10.4. The lowest BCUT2D eigenvalue weighted by atomic mass is 10.1. The van der Waals surface area contributed by atoms with Gasteiger partial charge < -0.3 is 8.92 Å². The molecule has 0 spiro atoms. The lowest BCUT2D eigenvalue weighted by Gasteiger charge is -2.10. The first-order valence-corrected chi connectivity index (χ1v) is 8.82. The highest BCUT2D eigenvalue weighted by molar-refractivity contribution is 7.89. The molecule has 2 rings (SSSR count). The maximum atomic E-state index is 12.3. The summed E-state index contributed by atoms with van der Waals surface area (Å²) < 4.78 is 35.0. The van der Waals surface area contributed by atoms with Crippen molar-refractivity contribution in [2.45, 2.75) is 24.5 Å². The van der Waals surface area contributed by atoms with Gasteiger partial charge in [0.25, 0.3) is 0 Å². The van der Waals surface area contributed by atoms with Gasteiger partial charge in [0.05, 0.1) is 12.7 Å².